The third kappa shape index (κ3) is 3.54. The summed E-state index contributed by atoms with van der Waals surface area (Å²) >= 11 is 0. The maximum Gasteiger partial charge on any atom is 0.269 e. The second-order valence-electron chi connectivity index (χ2n) is 7.31. The van der Waals surface area contributed by atoms with Gasteiger partial charge in [-0.05, 0) is 48.4 Å². The molecule has 0 saturated carbocycles. The van der Waals surface area contributed by atoms with Crippen molar-refractivity contribution in [1.82, 2.24) is 13.9 Å². The average Bonchev–Trinajstić information content (AvgIpc) is 3.23. The summed E-state index contributed by atoms with van der Waals surface area (Å²) in [5.41, 5.74) is 2.81. The Kier molecular flexibility index (Phi) is 4.78. The summed E-state index contributed by atoms with van der Waals surface area (Å²) < 4.78 is 32.7. The van der Waals surface area contributed by atoms with E-state index in [2.05, 4.69) is 20.6 Å². The van der Waals surface area contributed by atoms with Crippen LogP contribution in [0.1, 0.15) is 12.0 Å². The van der Waals surface area contributed by atoms with Crippen molar-refractivity contribution in [2.75, 3.05) is 17.7 Å². The summed E-state index contributed by atoms with van der Waals surface area (Å²) in [6.45, 7) is 0. The van der Waals surface area contributed by atoms with Gasteiger partial charge in [0.1, 0.15) is 5.75 Å². The van der Waals surface area contributed by atoms with E-state index in [1.165, 1.54) is 25.4 Å². The van der Waals surface area contributed by atoms with E-state index < -0.39 is 10.0 Å². The average molecular weight is 449 g/mol. The van der Waals surface area contributed by atoms with Crippen molar-refractivity contribution in [3.8, 4) is 5.75 Å². The van der Waals surface area contributed by atoms with Crippen molar-refractivity contribution >= 4 is 44.3 Å². The Hall–Kier alpha value is -3.92. The van der Waals surface area contributed by atoms with E-state index in [9.17, 15) is 13.2 Å². The summed E-state index contributed by atoms with van der Waals surface area (Å²) in [7, 11) is -2.40. The molecule has 0 aliphatic carbocycles. The van der Waals surface area contributed by atoms with Gasteiger partial charge in [0.15, 0.2) is 5.65 Å². The Morgan fingerprint density at radius 1 is 1.12 bits per heavy atom. The third-order valence-corrected chi connectivity index (χ3v) is 6.91. The summed E-state index contributed by atoms with van der Waals surface area (Å²) in [6.07, 6.45) is 4.12. The Balaban J connectivity index is 1.50. The predicted octanol–water partition coefficient (Wildman–Crippen LogP) is 3.31. The van der Waals surface area contributed by atoms with Gasteiger partial charge in [-0.25, -0.2) is 17.4 Å². The summed E-state index contributed by atoms with van der Waals surface area (Å²) in [4.78, 5) is 20.4. The minimum absolute atomic E-state index is 0.00463. The first-order chi connectivity index (χ1) is 15.4. The molecule has 162 valence electrons. The lowest BCUT2D eigenvalue weighted by Crippen LogP contribution is -2.18. The van der Waals surface area contributed by atoms with Crippen LogP contribution in [0, 0.1) is 0 Å². The van der Waals surface area contributed by atoms with E-state index in [1.807, 2.05) is 18.2 Å². The van der Waals surface area contributed by atoms with Crippen molar-refractivity contribution in [1.29, 1.82) is 0 Å². The molecule has 1 amide bonds. The number of anilines is 3. The van der Waals surface area contributed by atoms with Gasteiger partial charge in [-0.3, -0.25) is 4.79 Å². The number of fused-ring (bicyclic) bond motifs is 2. The van der Waals surface area contributed by atoms with Crippen LogP contribution in [0.2, 0.25) is 0 Å². The number of benzene rings is 2. The number of aromatic nitrogens is 3. The van der Waals surface area contributed by atoms with Gasteiger partial charge in [-0.15, -0.1) is 0 Å². The van der Waals surface area contributed by atoms with Crippen LogP contribution < -0.4 is 15.4 Å². The Morgan fingerprint density at radius 3 is 2.84 bits per heavy atom. The number of nitrogens with zero attached hydrogens (tertiary/aromatic N) is 3. The first-order valence-electron chi connectivity index (χ1n) is 9.87. The number of methoxy groups -OCH3 is 1. The zero-order valence-corrected chi connectivity index (χ0v) is 17.9. The van der Waals surface area contributed by atoms with Crippen LogP contribution in [0.25, 0.3) is 11.0 Å². The van der Waals surface area contributed by atoms with Gasteiger partial charge < -0.3 is 15.4 Å². The number of hydrogen-bond donors (Lipinski definition) is 2. The molecule has 2 aromatic heterocycles. The van der Waals surface area contributed by atoms with E-state index in [-0.39, 0.29) is 22.4 Å². The first-order valence-corrected chi connectivity index (χ1v) is 11.3. The molecule has 5 rings (SSSR count). The quantitative estimate of drug-likeness (QED) is 0.480. The largest absolute Gasteiger partial charge is 0.497 e. The molecule has 1 aliphatic heterocycles. The molecule has 4 aromatic rings. The molecule has 0 spiro atoms. The van der Waals surface area contributed by atoms with E-state index >= 15 is 0 Å². The third-order valence-electron chi connectivity index (χ3n) is 5.25. The van der Waals surface area contributed by atoms with Gasteiger partial charge in [0.25, 0.3) is 10.0 Å². The van der Waals surface area contributed by atoms with Gasteiger partial charge in [-0.1, -0.05) is 6.07 Å². The van der Waals surface area contributed by atoms with Crippen LogP contribution in [0.4, 0.5) is 17.3 Å². The zero-order chi connectivity index (χ0) is 22.3. The molecule has 0 bridgehead atoms. The number of aryl methyl sites for hydroxylation is 1. The van der Waals surface area contributed by atoms with Gasteiger partial charge in [0.2, 0.25) is 11.9 Å². The maximum atomic E-state index is 13.2. The number of hydrogen-bond acceptors (Lipinski definition) is 7. The molecule has 10 heteroatoms. The number of rotatable bonds is 5. The van der Waals surface area contributed by atoms with Crippen LogP contribution in [-0.4, -0.2) is 35.4 Å². The van der Waals surface area contributed by atoms with Crippen molar-refractivity contribution in [2.24, 2.45) is 0 Å². The van der Waals surface area contributed by atoms with Crippen LogP contribution in [0.15, 0.2) is 65.8 Å². The van der Waals surface area contributed by atoms with Gasteiger partial charge >= 0.3 is 0 Å². The van der Waals surface area contributed by atoms with Crippen molar-refractivity contribution < 1.29 is 17.9 Å². The van der Waals surface area contributed by atoms with Crippen LogP contribution in [0.5, 0.6) is 5.75 Å². The predicted molar refractivity (Wildman–Crippen MR) is 120 cm³/mol. The lowest BCUT2D eigenvalue weighted by Gasteiger charge is -2.17. The normalized spacial score (nSPS) is 13.5. The van der Waals surface area contributed by atoms with Gasteiger partial charge in [0.05, 0.1) is 12.0 Å². The molecule has 1 aliphatic rings. The molecule has 0 radical (unpaired) electrons. The molecule has 3 heterocycles. The first kappa shape index (κ1) is 20.0. The lowest BCUT2D eigenvalue weighted by molar-refractivity contribution is -0.116. The number of carbonyl (C=O) groups is 1. The second-order valence-corrected chi connectivity index (χ2v) is 9.13. The summed E-state index contributed by atoms with van der Waals surface area (Å²) in [6, 6.07) is 13.5. The number of ether oxygens (including phenoxy) is 1. The van der Waals surface area contributed by atoms with E-state index in [4.69, 9.17) is 4.74 Å². The SMILES string of the molecule is COc1cccc(S(=O)(=O)n2ccc3cnc(Nc4ccc5c(c4)CCC(=O)N5)nc32)c1. The Bertz CT molecular complexity index is 1460. The van der Waals surface area contributed by atoms with Crippen LogP contribution >= 0.6 is 0 Å². The van der Waals surface area contributed by atoms with Crippen molar-refractivity contribution in [3.63, 3.8) is 0 Å². The molecule has 0 saturated heterocycles. The molecule has 0 atom stereocenters. The molecular weight excluding hydrogens is 430 g/mol. The highest BCUT2D eigenvalue weighted by Crippen LogP contribution is 2.28. The molecular formula is C22H19N5O4S. The topological polar surface area (TPSA) is 115 Å². The highest BCUT2D eigenvalue weighted by molar-refractivity contribution is 7.90. The van der Waals surface area contributed by atoms with Crippen molar-refractivity contribution in [2.45, 2.75) is 17.7 Å². The minimum Gasteiger partial charge on any atom is -0.497 e. The Labute approximate surface area is 184 Å². The van der Waals surface area contributed by atoms with Crippen LogP contribution in [-0.2, 0) is 21.2 Å². The molecule has 2 aromatic carbocycles. The lowest BCUT2D eigenvalue weighted by atomic mass is 10.0. The maximum absolute atomic E-state index is 13.2. The van der Waals surface area contributed by atoms with E-state index in [0.717, 1.165) is 20.9 Å². The second kappa shape index (κ2) is 7.65. The summed E-state index contributed by atoms with van der Waals surface area (Å²) in [5, 5.41) is 6.56. The summed E-state index contributed by atoms with van der Waals surface area (Å²) in [5.74, 6) is 0.714. The monoisotopic (exact) mass is 449 g/mol. The van der Waals surface area contributed by atoms with E-state index in [0.29, 0.717) is 24.0 Å². The molecule has 0 fully saturated rings. The highest BCUT2D eigenvalue weighted by atomic mass is 32.2. The van der Waals surface area contributed by atoms with Gasteiger partial charge in [0, 0.05) is 41.6 Å². The Morgan fingerprint density at radius 2 is 2.00 bits per heavy atom. The molecule has 32 heavy (non-hydrogen) atoms. The number of nitrogens with one attached hydrogen (secondary N) is 2. The molecule has 2 N–H and O–H groups in total. The van der Waals surface area contributed by atoms with Crippen LogP contribution in [0.3, 0.4) is 0 Å². The van der Waals surface area contributed by atoms with Gasteiger partial charge in [-0.2, -0.15) is 4.98 Å². The fourth-order valence-corrected chi connectivity index (χ4v) is 4.95. The smallest absolute Gasteiger partial charge is 0.269 e. The molecule has 0 unspecified atom stereocenters. The molecule has 9 nitrogen and oxygen atoms in total. The van der Waals surface area contributed by atoms with E-state index in [1.54, 1.807) is 24.4 Å². The fourth-order valence-electron chi connectivity index (χ4n) is 3.61. The minimum atomic E-state index is -3.88. The highest BCUT2D eigenvalue weighted by Gasteiger charge is 2.21. The standard InChI is InChI=1S/C22H19N5O4S/c1-31-17-3-2-4-18(12-17)32(29,30)27-10-9-15-13-23-22(26-21(15)27)24-16-6-7-19-14(11-16)5-8-20(28)25-19/h2-4,6-7,9-13H,5,8H2,1H3,(H,25,28)(H,23,24,26). The number of amides is 1. The fraction of sp³-hybridized carbons (Fsp3) is 0.136. The van der Waals surface area contributed by atoms with Crippen molar-refractivity contribution in [3.05, 3.63) is 66.5 Å². The zero-order valence-electron chi connectivity index (χ0n) is 17.1. The number of carbonyl (C=O) groups excluding carboxylic acids is 1.